The molecule has 1 heterocycles. The molecule has 1 aromatic carbocycles. The molecule has 0 atom stereocenters. The van der Waals surface area contributed by atoms with Crippen molar-refractivity contribution in [1.29, 1.82) is 5.26 Å². The zero-order chi connectivity index (χ0) is 14.4. The number of nitriles is 1. The molecule has 0 saturated heterocycles. The minimum absolute atomic E-state index is 0.683. The first kappa shape index (κ1) is 14.0. The van der Waals surface area contributed by atoms with Gasteiger partial charge in [-0.05, 0) is 37.1 Å². The predicted molar refractivity (Wildman–Crippen MR) is 79.3 cm³/mol. The van der Waals surface area contributed by atoms with Gasteiger partial charge in [-0.15, -0.1) is 0 Å². The molecule has 20 heavy (non-hydrogen) atoms. The molecule has 0 aliphatic carbocycles. The van der Waals surface area contributed by atoms with E-state index in [4.69, 9.17) is 5.26 Å². The third-order valence-corrected chi connectivity index (χ3v) is 3.01. The van der Waals surface area contributed by atoms with Crippen molar-refractivity contribution in [2.45, 2.75) is 26.8 Å². The van der Waals surface area contributed by atoms with Gasteiger partial charge in [-0.25, -0.2) is 9.97 Å². The lowest BCUT2D eigenvalue weighted by Crippen LogP contribution is -2.25. The van der Waals surface area contributed by atoms with Crippen LogP contribution in [0.2, 0.25) is 0 Å². The number of aryl methyl sites for hydroxylation is 1. The van der Waals surface area contributed by atoms with Gasteiger partial charge in [-0.3, -0.25) is 0 Å². The van der Waals surface area contributed by atoms with Crippen molar-refractivity contribution < 1.29 is 0 Å². The highest BCUT2D eigenvalue weighted by atomic mass is 15.2. The van der Waals surface area contributed by atoms with Gasteiger partial charge in [-0.1, -0.05) is 19.1 Å². The average Bonchev–Trinajstić information content (AvgIpc) is 2.47. The normalized spacial score (nSPS) is 10.1. The smallest absolute Gasteiger partial charge is 0.225 e. The van der Waals surface area contributed by atoms with Gasteiger partial charge in [0.2, 0.25) is 5.95 Å². The van der Waals surface area contributed by atoms with Crippen LogP contribution in [0.25, 0.3) is 0 Å². The van der Waals surface area contributed by atoms with Crippen molar-refractivity contribution in [3.8, 4) is 6.07 Å². The maximum absolute atomic E-state index is 8.82. The summed E-state index contributed by atoms with van der Waals surface area (Å²) in [6.45, 7) is 5.77. The van der Waals surface area contributed by atoms with E-state index in [1.165, 1.54) is 0 Å². The first-order valence-corrected chi connectivity index (χ1v) is 6.76. The molecular weight excluding hydrogens is 248 g/mol. The van der Waals surface area contributed by atoms with Gasteiger partial charge in [0, 0.05) is 25.0 Å². The molecule has 4 nitrogen and oxygen atoms in total. The van der Waals surface area contributed by atoms with Crippen molar-refractivity contribution in [3.05, 3.63) is 53.3 Å². The number of hydrogen-bond donors (Lipinski definition) is 0. The fourth-order valence-corrected chi connectivity index (χ4v) is 2.01. The van der Waals surface area contributed by atoms with Crippen molar-refractivity contribution in [3.63, 3.8) is 0 Å². The first-order valence-electron chi connectivity index (χ1n) is 6.76. The number of aromatic nitrogens is 2. The highest BCUT2D eigenvalue weighted by Gasteiger charge is 2.09. The third kappa shape index (κ3) is 3.55. The molecule has 0 unspecified atom stereocenters. The molecule has 0 aliphatic heterocycles. The quantitative estimate of drug-likeness (QED) is 0.834. The molecule has 0 aliphatic rings. The van der Waals surface area contributed by atoms with Crippen LogP contribution < -0.4 is 4.90 Å². The molecule has 0 bridgehead atoms. The van der Waals surface area contributed by atoms with E-state index in [9.17, 15) is 0 Å². The second-order valence-corrected chi connectivity index (χ2v) is 4.73. The molecule has 2 rings (SSSR count). The van der Waals surface area contributed by atoms with E-state index in [0.29, 0.717) is 5.56 Å². The Hall–Kier alpha value is -2.41. The Bertz CT molecular complexity index is 599. The monoisotopic (exact) mass is 266 g/mol. The zero-order valence-electron chi connectivity index (χ0n) is 11.9. The summed E-state index contributed by atoms with van der Waals surface area (Å²) in [5, 5.41) is 8.82. The fraction of sp³-hybridized carbons (Fsp3) is 0.312. The predicted octanol–water partition coefficient (Wildman–Crippen LogP) is 3.07. The van der Waals surface area contributed by atoms with Gasteiger partial charge in [0.25, 0.3) is 0 Å². The van der Waals surface area contributed by atoms with Gasteiger partial charge in [0.05, 0.1) is 11.6 Å². The SMILES string of the molecule is CCCN(Cc1ccc(C#N)cc1)c1nccc(C)n1. The van der Waals surface area contributed by atoms with Crippen LogP contribution in [0.5, 0.6) is 0 Å². The van der Waals surface area contributed by atoms with Gasteiger partial charge in [-0.2, -0.15) is 5.26 Å². The number of rotatable bonds is 5. The second-order valence-electron chi connectivity index (χ2n) is 4.73. The van der Waals surface area contributed by atoms with Gasteiger partial charge in [0.15, 0.2) is 0 Å². The minimum atomic E-state index is 0.683. The number of nitrogens with zero attached hydrogens (tertiary/aromatic N) is 4. The van der Waals surface area contributed by atoms with Crippen molar-refractivity contribution in [2.24, 2.45) is 0 Å². The molecule has 0 amide bonds. The Morgan fingerprint density at radius 3 is 2.55 bits per heavy atom. The Morgan fingerprint density at radius 1 is 1.20 bits per heavy atom. The Labute approximate surface area is 119 Å². The Kier molecular flexibility index (Phi) is 4.67. The molecule has 0 N–H and O–H groups in total. The molecule has 0 spiro atoms. The van der Waals surface area contributed by atoms with Crippen molar-refractivity contribution in [1.82, 2.24) is 9.97 Å². The van der Waals surface area contributed by atoms with E-state index in [1.807, 2.05) is 37.3 Å². The highest BCUT2D eigenvalue weighted by molar-refractivity contribution is 5.36. The first-order chi connectivity index (χ1) is 9.72. The average molecular weight is 266 g/mol. The standard InChI is InChI=1S/C16H18N4/c1-3-10-20(16-18-9-8-13(2)19-16)12-15-6-4-14(11-17)5-7-15/h4-9H,3,10,12H2,1-2H3. The number of anilines is 1. The Balaban J connectivity index is 2.18. The summed E-state index contributed by atoms with van der Waals surface area (Å²) in [5.74, 6) is 0.760. The summed E-state index contributed by atoms with van der Waals surface area (Å²) >= 11 is 0. The number of hydrogen-bond acceptors (Lipinski definition) is 4. The minimum Gasteiger partial charge on any atom is -0.337 e. The Morgan fingerprint density at radius 2 is 1.95 bits per heavy atom. The van der Waals surface area contributed by atoms with E-state index < -0.39 is 0 Å². The van der Waals surface area contributed by atoms with Crippen LogP contribution in [0, 0.1) is 18.3 Å². The summed E-state index contributed by atoms with van der Waals surface area (Å²) < 4.78 is 0. The number of benzene rings is 1. The van der Waals surface area contributed by atoms with Crippen LogP contribution in [0.3, 0.4) is 0 Å². The summed E-state index contributed by atoms with van der Waals surface area (Å²) in [5.41, 5.74) is 2.81. The molecule has 102 valence electrons. The topological polar surface area (TPSA) is 52.8 Å². The van der Waals surface area contributed by atoms with Gasteiger partial charge >= 0.3 is 0 Å². The molecule has 1 aromatic heterocycles. The largest absolute Gasteiger partial charge is 0.337 e. The molecule has 0 radical (unpaired) electrons. The lowest BCUT2D eigenvalue weighted by atomic mass is 10.1. The van der Waals surface area contributed by atoms with E-state index in [-0.39, 0.29) is 0 Å². The van der Waals surface area contributed by atoms with Crippen molar-refractivity contribution in [2.75, 3.05) is 11.4 Å². The van der Waals surface area contributed by atoms with Crippen LogP contribution in [0.15, 0.2) is 36.5 Å². The molecule has 0 fully saturated rings. The highest BCUT2D eigenvalue weighted by Crippen LogP contribution is 2.13. The fourth-order valence-electron chi connectivity index (χ4n) is 2.01. The second kappa shape index (κ2) is 6.67. The third-order valence-electron chi connectivity index (χ3n) is 3.01. The summed E-state index contributed by atoms with van der Waals surface area (Å²) in [6.07, 6.45) is 2.83. The van der Waals surface area contributed by atoms with Gasteiger partial charge in [0.1, 0.15) is 0 Å². The van der Waals surface area contributed by atoms with E-state index >= 15 is 0 Å². The summed E-state index contributed by atoms with van der Waals surface area (Å²) in [4.78, 5) is 11.0. The van der Waals surface area contributed by atoms with Crippen LogP contribution >= 0.6 is 0 Å². The van der Waals surface area contributed by atoms with Crippen LogP contribution in [0.1, 0.15) is 30.2 Å². The van der Waals surface area contributed by atoms with Crippen LogP contribution in [0.4, 0.5) is 5.95 Å². The van der Waals surface area contributed by atoms with E-state index in [0.717, 1.165) is 36.7 Å². The molecular formula is C16H18N4. The van der Waals surface area contributed by atoms with Crippen LogP contribution in [-0.4, -0.2) is 16.5 Å². The van der Waals surface area contributed by atoms with Crippen LogP contribution in [-0.2, 0) is 6.54 Å². The molecule has 2 aromatic rings. The lowest BCUT2D eigenvalue weighted by Gasteiger charge is -2.22. The van der Waals surface area contributed by atoms with E-state index in [2.05, 4.69) is 27.9 Å². The summed E-state index contributed by atoms with van der Waals surface area (Å²) in [6, 6.07) is 11.7. The lowest BCUT2D eigenvalue weighted by molar-refractivity contribution is 0.736. The molecule has 4 heteroatoms. The van der Waals surface area contributed by atoms with Gasteiger partial charge < -0.3 is 4.90 Å². The van der Waals surface area contributed by atoms with Crippen molar-refractivity contribution >= 4 is 5.95 Å². The zero-order valence-corrected chi connectivity index (χ0v) is 11.9. The maximum Gasteiger partial charge on any atom is 0.225 e. The maximum atomic E-state index is 8.82. The van der Waals surface area contributed by atoms with E-state index in [1.54, 1.807) is 6.20 Å². The molecule has 0 saturated carbocycles. The summed E-state index contributed by atoms with van der Waals surface area (Å²) in [7, 11) is 0.